The van der Waals surface area contributed by atoms with Crippen molar-refractivity contribution in [2.45, 2.75) is 12.8 Å². The zero-order valence-corrected chi connectivity index (χ0v) is 10.2. The standard InChI is InChI=1S/C13H18ClNO/c14-10-13(6-7-13)11-15-8-9-16-12-4-2-1-3-5-12/h1-5,15H,6-11H2. The summed E-state index contributed by atoms with van der Waals surface area (Å²) in [5.74, 6) is 1.71. The molecule has 2 nitrogen and oxygen atoms in total. The van der Waals surface area contributed by atoms with Crippen molar-refractivity contribution in [3.63, 3.8) is 0 Å². The van der Waals surface area contributed by atoms with Crippen molar-refractivity contribution in [3.8, 4) is 5.75 Å². The van der Waals surface area contributed by atoms with Gasteiger partial charge in [0.15, 0.2) is 0 Å². The highest BCUT2D eigenvalue weighted by molar-refractivity contribution is 6.18. The van der Waals surface area contributed by atoms with E-state index in [2.05, 4.69) is 5.32 Å². The fraction of sp³-hybridized carbons (Fsp3) is 0.538. The first-order valence-corrected chi connectivity index (χ1v) is 6.33. The molecule has 1 aliphatic rings. The Labute approximate surface area is 102 Å². The lowest BCUT2D eigenvalue weighted by Gasteiger charge is -2.12. The van der Waals surface area contributed by atoms with E-state index in [1.807, 2.05) is 30.3 Å². The summed E-state index contributed by atoms with van der Waals surface area (Å²) in [6, 6.07) is 9.90. The summed E-state index contributed by atoms with van der Waals surface area (Å²) in [5, 5.41) is 3.40. The lowest BCUT2D eigenvalue weighted by Crippen LogP contribution is -2.28. The van der Waals surface area contributed by atoms with Gasteiger partial charge in [0.2, 0.25) is 0 Å². The molecule has 1 fully saturated rings. The van der Waals surface area contributed by atoms with Crippen LogP contribution in [0.3, 0.4) is 0 Å². The quantitative estimate of drug-likeness (QED) is 0.584. The lowest BCUT2D eigenvalue weighted by atomic mass is 10.1. The normalized spacial score (nSPS) is 17.1. The fourth-order valence-corrected chi connectivity index (χ4v) is 2.01. The van der Waals surface area contributed by atoms with E-state index in [9.17, 15) is 0 Å². The maximum absolute atomic E-state index is 5.89. The third kappa shape index (κ3) is 3.39. The number of nitrogens with one attached hydrogen (secondary N) is 1. The maximum atomic E-state index is 5.89. The molecule has 0 unspecified atom stereocenters. The summed E-state index contributed by atoms with van der Waals surface area (Å²) in [5.41, 5.74) is 0.397. The molecule has 1 aromatic rings. The second-order valence-corrected chi connectivity index (χ2v) is 4.74. The Hall–Kier alpha value is -0.730. The van der Waals surface area contributed by atoms with Crippen molar-refractivity contribution in [2.24, 2.45) is 5.41 Å². The molecule has 1 aromatic carbocycles. The number of alkyl halides is 1. The second-order valence-electron chi connectivity index (χ2n) is 4.47. The monoisotopic (exact) mass is 239 g/mol. The van der Waals surface area contributed by atoms with Crippen LogP contribution in [0.1, 0.15) is 12.8 Å². The first-order valence-electron chi connectivity index (χ1n) is 5.79. The van der Waals surface area contributed by atoms with Crippen LogP contribution in [-0.2, 0) is 0 Å². The van der Waals surface area contributed by atoms with E-state index in [1.165, 1.54) is 12.8 Å². The molecule has 16 heavy (non-hydrogen) atoms. The molecular formula is C13H18ClNO. The van der Waals surface area contributed by atoms with E-state index < -0.39 is 0 Å². The number of hydrogen-bond acceptors (Lipinski definition) is 2. The predicted octanol–water partition coefficient (Wildman–Crippen LogP) is 2.67. The molecule has 0 atom stereocenters. The number of para-hydroxylation sites is 1. The van der Waals surface area contributed by atoms with Gasteiger partial charge in [-0.25, -0.2) is 0 Å². The van der Waals surface area contributed by atoms with E-state index in [-0.39, 0.29) is 0 Å². The number of ether oxygens (including phenoxy) is 1. The number of hydrogen-bond donors (Lipinski definition) is 1. The predicted molar refractivity (Wildman–Crippen MR) is 67.2 cm³/mol. The highest BCUT2D eigenvalue weighted by Crippen LogP contribution is 2.45. The molecule has 0 aliphatic heterocycles. The zero-order valence-electron chi connectivity index (χ0n) is 9.42. The Morgan fingerprint density at radius 3 is 2.62 bits per heavy atom. The SMILES string of the molecule is ClCC1(CNCCOc2ccccc2)CC1. The molecule has 88 valence electrons. The third-order valence-electron chi connectivity index (χ3n) is 3.03. The van der Waals surface area contributed by atoms with Gasteiger partial charge in [0.1, 0.15) is 12.4 Å². The molecule has 0 amide bonds. The lowest BCUT2D eigenvalue weighted by molar-refractivity contribution is 0.309. The number of rotatable bonds is 7. The summed E-state index contributed by atoms with van der Waals surface area (Å²) >= 11 is 5.89. The van der Waals surface area contributed by atoms with Crippen molar-refractivity contribution in [3.05, 3.63) is 30.3 Å². The summed E-state index contributed by atoms with van der Waals surface area (Å²) in [6.07, 6.45) is 2.53. The molecule has 0 radical (unpaired) electrons. The molecule has 0 spiro atoms. The highest BCUT2D eigenvalue weighted by atomic mass is 35.5. The molecule has 2 rings (SSSR count). The summed E-state index contributed by atoms with van der Waals surface area (Å²) in [4.78, 5) is 0. The number of halogens is 1. The highest BCUT2D eigenvalue weighted by Gasteiger charge is 2.40. The first-order chi connectivity index (χ1) is 7.85. The molecule has 0 saturated heterocycles. The molecule has 1 aliphatic carbocycles. The van der Waals surface area contributed by atoms with Gasteiger partial charge in [0.25, 0.3) is 0 Å². The Balaban J connectivity index is 1.56. The Morgan fingerprint density at radius 1 is 1.25 bits per heavy atom. The molecular weight excluding hydrogens is 222 g/mol. The largest absolute Gasteiger partial charge is 0.492 e. The van der Waals surface area contributed by atoms with Gasteiger partial charge >= 0.3 is 0 Å². The molecule has 0 aromatic heterocycles. The topological polar surface area (TPSA) is 21.3 Å². The molecule has 1 saturated carbocycles. The van der Waals surface area contributed by atoms with Gasteiger partial charge in [-0.3, -0.25) is 0 Å². The summed E-state index contributed by atoms with van der Waals surface area (Å²) in [7, 11) is 0. The van der Waals surface area contributed by atoms with Crippen LogP contribution in [0.2, 0.25) is 0 Å². The third-order valence-corrected chi connectivity index (χ3v) is 3.60. The van der Waals surface area contributed by atoms with Crippen molar-refractivity contribution in [1.29, 1.82) is 0 Å². The molecule has 1 N–H and O–H groups in total. The Kier molecular flexibility index (Phi) is 4.08. The van der Waals surface area contributed by atoms with Gasteiger partial charge < -0.3 is 10.1 Å². The van der Waals surface area contributed by atoms with Crippen LogP contribution >= 0.6 is 11.6 Å². The van der Waals surface area contributed by atoms with E-state index in [0.29, 0.717) is 12.0 Å². The van der Waals surface area contributed by atoms with Crippen LogP contribution in [0.4, 0.5) is 0 Å². The van der Waals surface area contributed by atoms with E-state index >= 15 is 0 Å². The Bertz CT molecular complexity index is 311. The minimum atomic E-state index is 0.397. The zero-order chi connectivity index (χ0) is 11.3. The van der Waals surface area contributed by atoms with Crippen molar-refractivity contribution in [1.82, 2.24) is 5.32 Å². The van der Waals surface area contributed by atoms with Gasteiger partial charge in [0, 0.05) is 19.0 Å². The summed E-state index contributed by atoms with van der Waals surface area (Å²) < 4.78 is 5.58. The summed E-state index contributed by atoms with van der Waals surface area (Å²) in [6.45, 7) is 2.62. The van der Waals surface area contributed by atoms with Crippen molar-refractivity contribution in [2.75, 3.05) is 25.6 Å². The first kappa shape index (κ1) is 11.7. The van der Waals surface area contributed by atoms with Gasteiger partial charge in [-0.05, 0) is 30.4 Å². The molecule has 0 heterocycles. The minimum Gasteiger partial charge on any atom is -0.492 e. The number of benzene rings is 1. The van der Waals surface area contributed by atoms with Gasteiger partial charge in [-0.2, -0.15) is 0 Å². The van der Waals surface area contributed by atoms with Crippen molar-refractivity contribution >= 4 is 11.6 Å². The van der Waals surface area contributed by atoms with Gasteiger partial charge in [-0.15, -0.1) is 11.6 Å². The maximum Gasteiger partial charge on any atom is 0.119 e. The van der Waals surface area contributed by atoms with E-state index in [0.717, 1.165) is 24.7 Å². The minimum absolute atomic E-state index is 0.397. The van der Waals surface area contributed by atoms with Crippen LogP contribution < -0.4 is 10.1 Å². The van der Waals surface area contributed by atoms with Crippen LogP contribution in [0.5, 0.6) is 5.75 Å². The van der Waals surface area contributed by atoms with E-state index in [1.54, 1.807) is 0 Å². The van der Waals surface area contributed by atoms with Crippen LogP contribution in [-0.4, -0.2) is 25.6 Å². The van der Waals surface area contributed by atoms with Crippen LogP contribution in [0.15, 0.2) is 30.3 Å². The second kappa shape index (κ2) is 5.55. The van der Waals surface area contributed by atoms with Gasteiger partial charge in [0.05, 0.1) is 0 Å². The Morgan fingerprint density at radius 2 is 2.00 bits per heavy atom. The average molecular weight is 240 g/mol. The molecule has 3 heteroatoms. The van der Waals surface area contributed by atoms with Crippen LogP contribution in [0.25, 0.3) is 0 Å². The fourth-order valence-electron chi connectivity index (χ4n) is 1.65. The molecule has 0 bridgehead atoms. The van der Waals surface area contributed by atoms with E-state index in [4.69, 9.17) is 16.3 Å². The van der Waals surface area contributed by atoms with Crippen molar-refractivity contribution < 1.29 is 4.74 Å². The van der Waals surface area contributed by atoms with Crippen LogP contribution in [0, 0.1) is 5.41 Å². The smallest absolute Gasteiger partial charge is 0.119 e. The average Bonchev–Trinajstić information content (AvgIpc) is 3.11. The van der Waals surface area contributed by atoms with Gasteiger partial charge in [-0.1, -0.05) is 18.2 Å².